The fourth-order valence-electron chi connectivity index (χ4n) is 2.99. The Morgan fingerprint density at radius 2 is 1.83 bits per heavy atom. The van der Waals surface area contributed by atoms with E-state index in [1.165, 1.54) is 5.39 Å². The molecule has 0 bridgehead atoms. The first-order valence-electron chi connectivity index (χ1n) is 7.40. The third-order valence-electron chi connectivity index (χ3n) is 4.05. The topological polar surface area (TPSA) is 45.5 Å². The Morgan fingerprint density at radius 3 is 2.74 bits per heavy atom. The van der Waals surface area contributed by atoms with Crippen molar-refractivity contribution in [1.82, 2.24) is 0 Å². The van der Waals surface area contributed by atoms with E-state index in [4.69, 9.17) is 14.7 Å². The molecule has 0 saturated carbocycles. The molecule has 0 aromatic heterocycles. The van der Waals surface area contributed by atoms with Crippen molar-refractivity contribution in [2.75, 3.05) is 11.6 Å². The molecule has 1 aliphatic rings. The van der Waals surface area contributed by atoms with Gasteiger partial charge >= 0.3 is 0 Å². The van der Waals surface area contributed by atoms with E-state index >= 15 is 0 Å². The normalized spacial score (nSPS) is 13.1. The minimum absolute atomic E-state index is 0.423. The van der Waals surface area contributed by atoms with Gasteiger partial charge in [0.15, 0.2) is 12.5 Å². The number of anilines is 1. The van der Waals surface area contributed by atoms with E-state index in [-0.39, 0.29) is 0 Å². The molecule has 0 spiro atoms. The van der Waals surface area contributed by atoms with Crippen molar-refractivity contribution in [3.8, 4) is 17.8 Å². The minimum Gasteiger partial charge on any atom is -0.472 e. The Labute approximate surface area is 134 Å². The first-order chi connectivity index (χ1) is 11.4. The van der Waals surface area contributed by atoms with Crippen LogP contribution < -0.4 is 14.4 Å². The van der Waals surface area contributed by atoms with Crippen LogP contribution in [-0.4, -0.2) is 6.73 Å². The Morgan fingerprint density at radius 1 is 1.00 bits per heavy atom. The minimum atomic E-state index is 0.423. The van der Waals surface area contributed by atoms with Crippen LogP contribution in [0.4, 0.5) is 5.69 Å². The molecular weight excluding hydrogens is 288 g/mol. The molecule has 0 aliphatic carbocycles. The van der Waals surface area contributed by atoms with Crippen molar-refractivity contribution in [1.29, 1.82) is 5.26 Å². The molecule has 23 heavy (non-hydrogen) atoms. The molecule has 0 fully saturated rings. The molecule has 0 radical (unpaired) electrons. The smallest absolute Gasteiger partial charge is 0.292 e. The molecule has 0 atom stereocenters. The number of nitrogens with zero attached hydrogens (tertiary/aromatic N) is 2. The number of para-hydroxylation sites is 2. The molecule has 112 valence electrons. The Hall–Kier alpha value is -3.19. The van der Waals surface area contributed by atoms with Gasteiger partial charge in [0, 0.05) is 17.5 Å². The number of benzene rings is 3. The zero-order chi connectivity index (χ0) is 15.6. The van der Waals surface area contributed by atoms with Crippen molar-refractivity contribution in [2.24, 2.45) is 0 Å². The molecule has 4 rings (SSSR count). The van der Waals surface area contributed by atoms with Crippen LogP contribution in [0.3, 0.4) is 0 Å². The third-order valence-corrected chi connectivity index (χ3v) is 4.05. The number of hydrogen-bond donors (Lipinski definition) is 0. The van der Waals surface area contributed by atoms with Gasteiger partial charge in [0.2, 0.25) is 0 Å². The van der Waals surface area contributed by atoms with E-state index in [0.29, 0.717) is 19.0 Å². The number of ether oxygens (including phenoxy) is 2. The largest absolute Gasteiger partial charge is 0.472 e. The van der Waals surface area contributed by atoms with E-state index in [1.54, 1.807) is 12.3 Å². The van der Waals surface area contributed by atoms with Crippen LogP contribution in [-0.2, 0) is 6.54 Å². The molecule has 3 aromatic carbocycles. The van der Waals surface area contributed by atoms with Gasteiger partial charge in [0.05, 0.1) is 5.69 Å². The van der Waals surface area contributed by atoms with Gasteiger partial charge in [-0.2, -0.15) is 0 Å². The first-order valence-corrected chi connectivity index (χ1v) is 7.40. The molecular formula is C19H14N2O2. The SMILES string of the molecule is N#COc1ccccc1N1COc2c(ccc3ccccc23)C1. The fraction of sp³-hybridized carbons (Fsp3) is 0.105. The fourth-order valence-corrected chi connectivity index (χ4v) is 2.99. The quantitative estimate of drug-likeness (QED) is 0.670. The monoisotopic (exact) mass is 302 g/mol. The zero-order valence-electron chi connectivity index (χ0n) is 12.4. The number of rotatable bonds is 2. The van der Waals surface area contributed by atoms with Gasteiger partial charge in [-0.1, -0.05) is 48.5 Å². The van der Waals surface area contributed by atoms with E-state index < -0.39 is 0 Å². The summed E-state index contributed by atoms with van der Waals surface area (Å²) >= 11 is 0. The highest BCUT2D eigenvalue weighted by Crippen LogP contribution is 2.37. The molecule has 0 saturated heterocycles. The maximum absolute atomic E-state index is 8.80. The van der Waals surface area contributed by atoms with Gasteiger partial charge < -0.3 is 14.4 Å². The number of nitriles is 1. The molecule has 0 amide bonds. The molecule has 1 aliphatic heterocycles. The Kier molecular flexibility index (Phi) is 3.25. The summed E-state index contributed by atoms with van der Waals surface area (Å²) in [5, 5.41) is 11.1. The molecule has 0 unspecified atom stereocenters. The number of fused-ring (bicyclic) bond motifs is 3. The van der Waals surface area contributed by atoms with Crippen LogP contribution in [0, 0.1) is 11.5 Å². The second-order valence-electron chi connectivity index (χ2n) is 5.41. The van der Waals surface area contributed by atoms with Crippen LogP contribution >= 0.6 is 0 Å². The molecule has 0 N–H and O–H groups in total. The van der Waals surface area contributed by atoms with Gasteiger partial charge in [0.25, 0.3) is 6.26 Å². The average molecular weight is 302 g/mol. The molecule has 4 nitrogen and oxygen atoms in total. The second kappa shape index (κ2) is 5.54. The van der Waals surface area contributed by atoms with E-state index in [1.807, 2.05) is 30.3 Å². The maximum atomic E-state index is 8.80. The van der Waals surface area contributed by atoms with Crippen molar-refractivity contribution < 1.29 is 9.47 Å². The first kappa shape index (κ1) is 13.5. The standard InChI is InChI=1S/C19H14N2O2/c20-12-22-18-8-4-3-7-17(18)21-11-15-10-9-14-5-1-2-6-16(14)19(15)23-13-21/h1-10H,11,13H2. The lowest BCUT2D eigenvalue weighted by atomic mass is 10.0. The summed E-state index contributed by atoms with van der Waals surface area (Å²) in [5.74, 6) is 1.49. The summed E-state index contributed by atoms with van der Waals surface area (Å²) in [6.07, 6.45) is 1.74. The number of hydrogen-bond acceptors (Lipinski definition) is 4. The summed E-state index contributed by atoms with van der Waals surface area (Å²) in [5.41, 5.74) is 1.98. The van der Waals surface area contributed by atoms with Crippen molar-refractivity contribution in [2.45, 2.75) is 6.54 Å². The highest BCUT2D eigenvalue weighted by atomic mass is 16.5. The van der Waals surface area contributed by atoms with Crippen molar-refractivity contribution in [3.63, 3.8) is 0 Å². The summed E-state index contributed by atoms with van der Waals surface area (Å²) in [7, 11) is 0. The lowest BCUT2D eigenvalue weighted by Crippen LogP contribution is -2.32. The van der Waals surface area contributed by atoms with Gasteiger partial charge in [0.1, 0.15) is 5.75 Å². The van der Waals surface area contributed by atoms with E-state index in [9.17, 15) is 0 Å². The highest BCUT2D eigenvalue weighted by molar-refractivity contribution is 5.90. The van der Waals surface area contributed by atoms with Gasteiger partial charge in [-0.25, -0.2) is 0 Å². The predicted molar refractivity (Wildman–Crippen MR) is 88.3 cm³/mol. The van der Waals surface area contributed by atoms with Crippen LogP contribution in [0.25, 0.3) is 10.8 Å². The van der Waals surface area contributed by atoms with Gasteiger partial charge in [-0.15, -0.1) is 5.26 Å². The Balaban J connectivity index is 1.73. The highest BCUT2D eigenvalue weighted by Gasteiger charge is 2.21. The summed E-state index contributed by atoms with van der Waals surface area (Å²) in [6, 6.07) is 19.9. The lowest BCUT2D eigenvalue weighted by molar-refractivity contribution is 0.292. The van der Waals surface area contributed by atoms with Crippen molar-refractivity contribution in [3.05, 3.63) is 66.2 Å². The van der Waals surface area contributed by atoms with E-state index in [0.717, 1.165) is 22.4 Å². The van der Waals surface area contributed by atoms with Crippen LogP contribution in [0.15, 0.2) is 60.7 Å². The lowest BCUT2D eigenvalue weighted by Gasteiger charge is -2.32. The second-order valence-corrected chi connectivity index (χ2v) is 5.41. The van der Waals surface area contributed by atoms with Crippen LogP contribution in [0.2, 0.25) is 0 Å². The molecule has 1 heterocycles. The molecule has 3 aromatic rings. The van der Waals surface area contributed by atoms with E-state index in [2.05, 4.69) is 29.2 Å². The average Bonchev–Trinajstić information content (AvgIpc) is 2.62. The van der Waals surface area contributed by atoms with Crippen molar-refractivity contribution >= 4 is 16.5 Å². The predicted octanol–water partition coefficient (Wildman–Crippen LogP) is 4.06. The third kappa shape index (κ3) is 2.33. The van der Waals surface area contributed by atoms with Gasteiger partial charge in [-0.3, -0.25) is 0 Å². The maximum Gasteiger partial charge on any atom is 0.292 e. The molecule has 4 heteroatoms. The van der Waals surface area contributed by atoms with Gasteiger partial charge in [-0.05, 0) is 17.5 Å². The summed E-state index contributed by atoms with van der Waals surface area (Å²) in [6.45, 7) is 1.14. The zero-order valence-corrected chi connectivity index (χ0v) is 12.4. The Bertz CT molecular complexity index is 915. The van der Waals surface area contributed by atoms with Crippen LogP contribution in [0.5, 0.6) is 11.5 Å². The summed E-state index contributed by atoms with van der Waals surface area (Å²) in [4.78, 5) is 2.06. The summed E-state index contributed by atoms with van der Waals surface area (Å²) < 4.78 is 11.1. The van der Waals surface area contributed by atoms with Crippen LogP contribution in [0.1, 0.15) is 5.56 Å².